The molecule has 0 aliphatic carbocycles. The molecule has 0 bridgehead atoms. The van der Waals surface area contributed by atoms with Crippen LogP contribution in [0.3, 0.4) is 0 Å². The lowest BCUT2D eigenvalue weighted by Gasteiger charge is -2.13. The summed E-state index contributed by atoms with van der Waals surface area (Å²) in [5.74, 6) is 0.773. The zero-order valence-corrected chi connectivity index (χ0v) is 10.4. The third kappa shape index (κ3) is 3.26. The van der Waals surface area contributed by atoms with Crippen molar-refractivity contribution in [3.05, 3.63) is 11.9 Å². The Morgan fingerprint density at radius 1 is 1.33 bits per heavy atom. The van der Waals surface area contributed by atoms with E-state index >= 15 is 0 Å². The van der Waals surface area contributed by atoms with Gasteiger partial charge in [-0.05, 0) is 12.3 Å². The number of hydrogen-bond acceptors (Lipinski definition) is 2. The Morgan fingerprint density at radius 2 is 2.00 bits per heavy atom. The minimum absolute atomic E-state index is 0.773. The molecule has 0 fully saturated rings. The highest BCUT2D eigenvalue weighted by molar-refractivity contribution is 5.46. The van der Waals surface area contributed by atoms with Crippen LogP contribution in [0.1, 0.15) is 39.3 Å². The van der Waals surface area contributed by atoms with Crippen LogP contribution in [0.15, 0.2) is 6.20 Å². The van der Waals surface area contributed by atoms with Crippen molar-refractivity contribution in [1.29, 1.82) is 0 Å². The summed E-state index contributed by atoms with van der Waals surface area (Å²) in [7, 11) is 1.97. The Balaban J connectivity index is 2.55. The molecule has 0 spiro atoms. The molecule has 15 heavy (non-hydrogen) atoms. The van der Waals surface area contributed by atoms with Gasteiger partial charge in [0.1, 0.15) is 0 Å². The van der Waals surface area contributed by atoms with Crippen LogP contribution in [0, 0.1) is 5.92 Å². The predicted molar refractivity (Wildman–Crippen MR) is 65.1 cm³/mol. The van der Waals surface area contributed by atoms with Crippen molar-refractivity contribution in [3.63, 3.8) is 0 Å². The minimum atomic E-state index is 0.773. The number of hydrogen-bond donors (Lipinski definition) is 1. The molecule has 1 aromatic rings. The molecular weight excluding hydrogens is 186 g/mol. The molecular formula is C12H23N3. The van der Waals surface area contributed by atoms with E-state index in [-0.39, 0.29) is 0 Å². The van der Waals surface area contributed by atoms with Crippen molar-refractivity contribution in [1.82, 2.24) is 9.78 Å². The Labute approximate surface area is 92.9 Å². The molecule has 0 radical (unpaired) electrons. The highest BCUT2D eigenvalue weighted by atomic mass is 15.3. The van der Waals surface area contributed by atoms with E-state index in [1.165, 1.54) is 24.2 Å². The Bertz CT molecular complexity index is 287. The third-order valence-electron chi connectivity index (χ3n) is 2.98. The second kappa shape index (κ2) is 5.79. The Hall–Kier alpha value is -0.990. The van der Waals surface area contributed by atoms with Gasteiger partial charge in [0.25, 0.3) is 0 Å². The fourth-order valence-electron chi connectivity index (χ4n) is 1.77. The van der Waals surface area contributed by atoms with Crippen molar-refractivity contribution in [2.45, 2.75) is 40.0 Å². The van der Waals surface area contributed by atoms with Crippen LogP contribution in [0.25, 0.3) is 0 Å². The second-order valence-corrected chi connectivity index (χ2v) is 4.08. The zero-order valence-electron chi connectivity index (χ0n) is 10.4. The second-order valence-electron chi connectivity index (χ2n) is 4.08. The van der Waals surface area contributed by atoms with Crippen LogP contribution < -0.4 is 5.32 Å². The smallest absolute Gasteiger partial charge is 0.0853 e. The lowest BCUT2D eigenvalue weighted by molar-refractivity contribution is 0.519. The Kier molecular flexibility index (Phi) is 4.66. The van der Waals surface area contributed by atoms with Gasteiger partial charge in [0.2, 0.25) is 0 Å². The summed E-state index contributed by atoms with van der Waals surface area (Å²) >= 11 is 0. The summed E-state index contributed by atoms with van der Waals surface area (Å²) < 4.78 is 1.88. The monoisotopic (exact) mass is 209 g/mol. The van der Waals surface area contributed by atoms with E-state index in [0.29, 0.717) is 0 Å². The van der Waals surface area contributed by atoms with E-state index in [1.54, 1.807) is 0 Å². The molecule has 0 aliphatic heterocycles. The molecule has 1 heterocycles. The van der Waals surface area contributed by atoms with Crippen LogP contribution in [-0.2, 0) is 13.5 Å². The largest absolute Gasteiger partial charge is 0.382 e. The Morgan fingerprint density at radius 3 is 2.53 bits per heavy atom. The predicted octanol–water partition coefficient (Wildman–Crippen LogP) is 2.83. The zero-order chi connectivity index (χ0) is 11.3. The topological polar surface area (TPSA) is 29.9 Å². The summed E-state index contributed by atoms with van der Waals surface area (Å²) in [6.45, 7) is 7.70. The van der Waals surface area contributed by atoms with Crippen LogP contribution in [0.5, 0.6) is 0 Å². The fourth-order valence-corrected chi connectivity index (χ4v) is 1.77. The molecule has 0 atom stereocenters. The molecule has 0 saturated carbocycles. The number of rotatable bonds is 6. The number of aromatic nitrogens is 2. The van der Waals surface area contributed by atoms with E-state index in [9.17, 15) is 0 Å². The number of anilines is 1. The molecule has 0 aliphatic rings. The first kappa shape index (κ1) is 12.1. The van der Waals surface area contributed by atoms with Gasteiger partial charge < -0.3 is 5.32 Å². The molecule has 0 saturated heterocycles. The fraction of sp³-hybridized carbons (Fsp3) is 0.750. The molecule has 1 N–H and O–H groups in total. The van der Waals surface area contributed by atoms with Crippen LogP contribution in [0.4, 0.5) is 5.69 Å². The van der Waals surface area contributed by atoms with E-state index in [0.717, 1.165) is 18.9 Å². The van der Waals surface area contributed by atoms with Gasteiger partial charge in [-0.3, -0.25) is 4.68 Å². The van der Waals surface area contributed by atoms with Crippen molar-refractivity contribution in [2.24, 2.45) is 13.0 Å². The summed E-state index contributed by atoms with van der Waals surface area (Å²) in [5.41, 5.74) is 2.37. The summed E-state index contributed by atoms with van der Waals surface area (Å²) in [6, 6.07) is 0. The molecule has 3 nitrogen and oxygen atoms in total. The molecule has 1 aromatic heterocycles. The van der Waals surface area contributed by atoms with E-state index in [2.05, 4.69) is 37.4 Å². The first-order chi connectivity index (χ1) is 7.21. The molecule has 0 amide bonds. The average Bonchev–Trinajstić information content (AvgIpc) is 2.60. The lowest BCUT2D eigenvalue weighted by Crippen LogP contribution is -2.13. The highest BCUT2D eigenvalue weighted by Crippen LogP contribution is 2.15. The van der Waals surface area contributed by atoms with Crippen LogP contribution >= 0.6 is 0 Å². The summed E-state index contributed by atoms with van der Waals surface area (Å²) in [4.78, 5) is 0. The lowest BCUT2D eigenvalue weighted by atomic mass is 10.0. The van der Waals surface area contributed by atoms with Gasteiger partial charge in [0.05, 0.1) is 11.4 Å². The SMILES string of the molecule is CCc1nn(C)cc1NCC(CC)CC. The van der Waals surface area contributed by atoms with Gasteiger partial charge in [-0.2, -0.15) is 5.10 Å². The standard InChI is InChI=1S/C12H23N3/c1-5-10(6-2)8-13-12-9-15(4)14-11(12)7-3/h9-10,13H,5-8H2,1-4H3. The maximum atomic E-state index is 4.41. The quantitative estimate of drug-likeness (QED) is 0.780. The van der Waals surface area contributed by atoms with Gasteiger partial charge in [-0.15, -0.1) is 0 Å². The van der Waals surface area contributed by atoms with Crippen LogP contribution in [-0.4, -0.2) is 16.3 Å². The summed E-state index contributed by atoms with van der Waals surface area (Å²) in [6.07, 6.45) is 5.55. The van der Waals surface area contributed by atoms with Gasteiger partial charge in [0, 0.05) is 19.8 Å². The van der Waals surface area contributed by atoms with Gasteiger partial charge >= 0.3 is 0 Å². The first-order valence-corrected chi connectivity index (χ1v) is 5.97. The van der Waals surface area contributed by atoms with E-state index < -0.39 is 0 Å². The maximum absolute atomic E-state index is 4.41. The number of nitrogens with one attached hydrogen (secondary N) is 1. The summed E-state index contributed by atoms with van der Waals surface area (Å²) in [5, 5.41) is 7.92. The van der Waals surface area contributed by atoms with Gasteiger partial charge in [0.15, 0.2) is 0 Å². The van der Waals surface area contributed by atoms with Crippen LogP contribution in [0.2, 0.25) is 0 Å². The number of aryl methyl sites for hydroxylation is 2. The van der Waals surface area contributed by atoms with Crippen molar-refractivity contribution in [2.75, 3.05) is 11.9 Å². The van der Waals surface area contributed by atoms with Gasteiger partial charge in [-0.25, -0.2) is 0 Å². The van der Waals surface area contributed by atoms with Crippen molar-refractivity contribution in [3.8, 4) is 0 Å². The average molecular weight is 209 g/mol. The van der Waals surface area contributed by atoms with E-state index in [4.69, 9.17) is 0 Å². The normalized spacial score (nSPS) is 11.0. The molecule has 86 valence electrons. The molecule has 0 aromatic carbocycles. The highest BCUT2D eigenvalue weighted by Gasteiger charge is 2.07. The number of nitrogens with zero attached hydrogens (tertiary/aromatic N) is 2. The van der Waals surface area contributed by atoms with Crippen molar-refractivity contribution >= 4 is 5.69 Å². The minimum Gasteiger partial charge on any atom is -0.382 e. The van der Waals surface area contributed by atoms with Crippen molar-refractivity contribution < 1.29 is 0 Å². The maximum Gasteiger partial charge on any atom is 0.0853 e. The first-order valence-electron chi connectivity index (χ1n) is 5.97. The molecule has 1 rings (SSSR count). The third-order valence-corrected chi connectivity index (χ3v) is 2.98. The van der Waals surface area contributed by atoms with E-state index in [1.807, 2.05) is 11.7 Å². The molecule has 3 heteroatoms. The van der Waals surface area contributed by atoms with Gasteiger partial charge in [-0.1, -0.05) is 33.6 Å². The molecule has 0 unspecified atom stereocenters.